The summed E-state index contributed by atoms with van der Waals surface area (Å²) in [6.07, 6.45) is 4.72. The quantitative estimate of drug-likeness (QED) is 0.593. The van der Waals surface area contributed by atoms with E-state index in [-0.39, 0.29) is 5.38 Å². The normalized spacial score (nSPS) is 12.8. The molecule has 1 nitrogen and oxygen atoms in total. The van der Waals surface area contributed by atoms with Crippen LogP contribution < -0.4 is 4.74 Å². The van der Waals surface area contributed by atoms with Crippen molar-refractivity contribution in [3.63, 3.8) is 0 Å². The molecule has 0 aliphatic heterocycles. The van der Waals surface area contributed by atoms with Gasteiger partial charge in [-0.2, -0.15) is 0 Å². The Morgan fingerprint density at radius 2 is 1.78 bits per heavy atom. The summed E-state index contributed by atoms with van der Waals surface area (Å²) in [6.45, 7) is 6.54. The SMILES string of the molecule is CCCC(CCC)C(Cl)c1cc(C)ccc1OC. The van der Waals surface area contributed by atoms with Crippen LogP contribution >= 0.6 is 11.6 Å². The summed E-state index contributed by atoms with van der Waals surface area (Å²) in [5.41, 5.74) is 2.38. The van der Waals surface area contributed by atoms with Crippen LogP contribution in [0.2, 0.25) is 0 Å². The topological polar surface area (TPSA) is 9.23 Å². The molecule has 1 atom stereocenters. The lowest BCUT2D eigenvalue weighted by Crippen LogP contribution is -2.09. The van der Waals surface area contributed by atoms with Gasteiger partial charge in [-0.15, -0.1) is 11.6 Å². The van der Waals surface area contributed by atoms with E-state index in [0.29, 0.717) is 5.92 Å². The van der Waals surface area contributed by atoms with E-state index in [1.54, 1.807) is 7.11 Å². The van der Waals surface area contributed by atoms with Crippen molar-refractivity contribution in [2.75, 3.05) is 7.11 Å². The molecule has 0 aliphatic rings. The molecule has 0 radical (unpaired) electrons. The molecule has 1 rings (SSSR count). The summed E-state index contributed by atoms with van der Waals surface area (Å²) < 4.78 is 5.44. The summed E-state index contributed by atoms with van der Waals surface area (Å²) in [5, 5.41) is 0.0553. The lowest BCUT2D eigenvalue weighted by Gasteiger charge is -2.23. The largest absolute Gasteiger partial charge is 0.496 e. The lowest BCUT2D eigenvalue weighted by atomic mass is 9.89. The van der Waals surface area contributed by atoms with E-state index >= 15 is 0 Å². The second-order valence-electron chi connectivity index (χ2n) is 4.98. The van der Waals surface area contributed by atoms with Crippen molar-refractivity contribution >= 4 is 11.6 Å². The van der Waals surface area contributed by atoms with Crippen molar-refractivity contribution in [2.45, 2.75) is 51.8 Å². The zero-order valence-electron chi connectivity index (χ0n) is 12.0. The van der Waals surface area contributed by atoms with Gasteiger partial charge < -0.3 is 4.74 Å². The molecule has 0 heterocycles. The molecule has 0 amide bonds. The van der Waals surface area contributed by atoms with Crippen LogP contribution in [0, 0.1) is 12.8 Å². The van der Waals surface area contributed by atoms with E-state index < -0.39 is 0 Å². The number of ether oxygens (including phenoxy) is 1. The Morgan fingerprint density at radius 3 is 2.28 bits per heavy atom. The third-order valence-electron chi connectivity index (χ3n) is 3.42. The molecule has 18 heavy (non-hydrogen) atoms. The van der Waals surface area contributed by atoms with E-state index in [2.05, 4.69) is 32.9 Å². The van der Waals surface area contributed by atoms with Crippen molar-refractivity contribution in [1.82, 2.24) is 0 Å². The fourth-order valence-corrected chi connectivity index (χ4v) is 2.92. The van der Waals surface area contributed by atoms with Crippen LogP contribution in [0.25, 0.3) is 0 Å². The van der Waals surface area contributed by atoms with Crippen LogP contribution in [0.3, 0.4) is 0 Å². The Bertz CT molecular complexity index is 356. The number of benzene rings is 1. The highest BCUT2D eigenvalue weighted by Crippen LogP contribution is 2.39. The van der Waals surface area contributed by atoms with Gasteiger partial charge in [-0.25, -0.2) is 0 Å². The molecule has 0 saturated heterocycles. The van der Waals surface area contributed by atoms with Crippen molar-refractivity contribution in [3.8, 4) is 5.75 Å². The first-order valence-electron chi connectivity index (χ1n) is 6.92. The van der Waals surface area contributed by atoms with E-state index in [4.69, 9.17) is 16.3 Å². The zero-order valence-corrected chi connectivity index (χ0v) is 12.8. The maximum atomic E-state index is 6.71. The number of hydrogen-bond acceptors (Lipinski definition) is 1. The third kappa shape index (κ3) is 3.91. The molecule has 0 N–H and O–H groups in total. The molecule has 0 aromatic heterocycles. The highest BCUT2D eigenvalue weighted by Gasteiger charge is 2.22. The molecule has 2 heteroatoms. The van der Waals surface area contributed by atoms with Gasteiger partial charge in [0.15, 0.2) is 0 Å². The molecule has 1 aromatic carbocycles. The van der Waals surface area contributed by atoms with Gasteiger partial charge in [0.25, 0.3) is 0 Å². The Kier molecular flexibility index (Phi) is 6.56. The van der Waals surface area contributed by atoms with E-state index in [1.165, 1.54) is 31.2 Å². The van der Waals surface area contributed by atoms with E-state index in [1.807, 2.05) is 6.07 Å². The Labute approximate surface area is 116 Å². The van der Waals surface area contributed by atoms with Crippen LogP contribution in [0.1, 0.15) is 56.0 Å². The average molecular weight is 269 g/mol. The van der Waals surface area contributed by atoms with E-state index in [9.17, 15) is 0 Å². The number of methoxy groups -OCH3 is 1. The summed E-state index contributed by atoms with van der Waals surface area (Å²) in [7, 11) is 1.71. The summed E-state index contributed by atoms with van der Waals surface area (Å²) in [4.78, 5) is 0. The minimum Gasteiger partial charge on any atom is -0.496 e. The monoisotopic (exact) mass is 268 g/mol. The first-order valence-corrected chi connectivity index (χ1v) is 7.36. The Hall–Kier alpha value is -0.690. The maximum Gasteiger partial charge on any atom is 0.123 e. The number of hydrogen-bond donors (Lipinski definition) is 0. The van der Waals surface area contributed by atoms with Crippen molar-refractivity contribution in [1.29, 1.82) is 0 Å². The van der Waals surface area contributed by atoms with Gasteiger partial charge in [0.2, 0.25) is 0 Å². The lowest BCUT2D eigenvalue weighted by molar-refractivity contribution is 0.388. The molecule has 0 saturated carbocycles. The van der Waals surface area contributed by atoms with E-state index in [0.717, 1.165) is 11.3 Å². The summed E-state index contributed by atoms with van der Waals surface area (Å²) >= 11 is 6.71. The van der Waals surface area contributed by atoms with Gasteiger partial charge in [-0.05, 0) is 31.7 Å². The molecule has 0 spiro atoms. The van der Waals surface area contributed by atoms with Crippen LogP contribution in [0.5, 0.6) is 5.75 Å². The van der Waals surface area contributed by atoms with Crippen molar-refractivity contribution < 1.29 is 4.74 Å². The van der Waals surface area contributed by atoms with Crippen molar-refractivity contribution in [2.24, 2.45) is 5.92 Å². The van der Waals surface area contributed by atoms with Crippen molar-refractivity contribution in [3.05, 3.63) is 29.3 Å². The van der Waals surface area contributed by atoms with Gasteiger partial charge in [-0.3, -0.25) is 0 Å². The number of rotatable bonds is 7. The minimum atomic E-state index is 0.0553. The standard InChI is InChI=1S/C16H25ClO/c1-5-7-13(8-6-2)16(17)14-11-12(3)9-10-15(14)18-4/h9-11,13,16H,5-8H2,1-4H3. The second kappa shape index (κ2) is 7.68. The van der Waals surface area contributed by atoms with Crippen LogP contribution in [0.15, 0.2) is 18.2 Å². The first-order chi connectivity index (χ1) is 8.63. The molecule has 0 aliphatic carbocycles. The first kappa shape index (κ1) is 15.4. The van der Waals surface area contributed by atoms with Crippen LogP contribution in [-0.4, -0.2) is 7.11 Å². The van der Waals surface area contributed by atoms with Gasteiger partial charge in [-0.1, -0.05) is 44.4 Å². The van der Waals surface area contributed by atoms with Crippen LogP contribution in [0.4, 0.5) is 0 Å². The Morgan fingerprint density at radius 1 is 1.17 bits per heavy atom. The summed E-state index contributed by atoms with van der Waals surface area (Å²) in [6, 6.07) is 6.25. The molecule has 0 bridgehead atoms. The third-order valence-corrected chi connectivity index (χ3v) is 4.01. The highest BCUT2D eigenvalue weighted by atomic mass is 35.5. The van der Waals surface area contributed by atoms with Gasteiger partial charge >= 0.3 is 0 Å². The molecular weight excluding hydrogens is 244 g/mol. The zero-order chi connectivity index (χ0) is 13.5. The smallest absolute Gasteiger partial charge is 0.123 e. The fourth-order valence-electron chi connectivity index (χ4n) is 2.50. The van der Waals surface area contributed by atoms with Crippen LogP contribution in [-0.2, 0) is 0 Å². The summed E-state index contributed by atoms with van der Waals surface area (Å²) in [5.74, 6) is 1.45. The maximum absolute atomic E-state index is 6.71. The number of alkyl halides is 1. The molecule has 1 unspecified atom stereocenters. The predicted molar refractivity (Wildman–Crippen MR) is 79.6 cm³/mol. The predicted octanol–water partition coefficient (Wildman–Crippen LogP) is 5.50. The highest BCUT2D eigenvalue weighted by molar-refractivity contribution is 6.21. The molecule has 102 valence electrons. The fraction of sp³-hybridized carbons (Fsp3) is 0.625. The van der Waals surface area contributed by atoms with Gasteiger partial charge in [0, 0.05) is 5.56 Å². The molecule has 1 aromatic rings. The minimum absolute atomic E-state index is 0.0553. The second-order valence-corrected chi connectivity index (χ2v) is 5.45. The number of aryl methyl sites for hydroxylation is 1. The number of halogens is 1. The Balaban J connectivity index is 2.98. The van der Waals surface area contributed by atoms with Gasteiger partial charge in [0.05, 0.1) is 12.5 Å². The molecular formula is C16H25ClO. The average Bonchev–Trinajstić information content (AvgIpc) is 2.37. The van der Waals surface area contributed by atoms with Gasteiger partial charge in [0.1, 0.15) is 5.75 Å². The molecule has 0 fully saturated rings.